The summed E-state index contributed by atoms with van der Waals surface area (Å²) >= 11 is 0. The third-order valence-electron chi connectivity index (χ3n) is 2.93. The first-order valence-electron chi connectivity index (χ1n) is 5.16. The summed E-state index contributed by atoms with van der Waals surface area (Å²) in [5.74, 6) is 2.07. The van der Waals surface area contributed by atoms with Crippen molar-refractivity contribution in [2.75, 3.05) is 18.0 Å². The highest BCUT2D eigenvalue weighted by atomic mass is 35.5. The normalized spacial score (nSPS) is 16.9. The molecule has 1 saturated heterocycles. The molecule has 16 heavy (non-hydrogen) atoms. The molecule has 2 aliphatic heterocycles. The lowest BCUT2D eigenvalue weighted by Crippen LogP contribution is -2.38. The van der Waals surface area contributed by atoms with E-state index in [9.17, 15) is 0 Å². The Morgan fingerprint density at radius 2 is 1.88 bits per heavy atom. The lowest BCUT2D eigenvalue weighted by Gasteiger charge is -2.33. The molecule has 0 saturated carbocycles. The Bertz CT molecular complexity index is 379. The molecule has 0 radical (unpaired) electrons. The maximum absolute atomic E-state index is 4.54. The Morgan fingerprint density at radius 3 is 2.50 bits per heavy atom. The second-order valence-corrected chi connectivity index (χ2v) is 3.96. The van der Waals surface area contributed by atoms with Crippen LogP contribution in [0.25, 0.3) is 0 Å². The molecule has 0 unspecified atom stereocenters. The largest absolute Gasteiger partial charge is 0.356 e. The van der Waals surface area contributed by atoms with Crippen molar-refractivity contribution in [3.63, 3.8) is 0 Å². The van der Waals surface area contributed by atoms with Crippen molar-refractivity contribution >= 4 is 30.6 Å². The highest BCUT2D eigenvalue weighted by molar-refractivity contribution is 5.85. The first-order chi connectivity index (χ1) is 6.84. The van der Waals surface area contributed by atoms with E-state index in [1.165, 1.54) is 23.5 Å². The summed E-state index contributed by atoms with van der Waals surface area (Å²) in [6.07, 6.45) is 1.30. The lowest BCUT2D eigenvalue weighted by molar-refractivity contribution is 0.604. The molecule has 0 amide bonds. The van der Waals surface area contributed by atoms with Crippen molar-refractivity contribution in [2.24, 2.45) is 0 Å². The number of aromatic nitrogens is 2. The van der Waals surface area contributed by atoms with Gasteiger partial charge in [-0.15, -0.1) is 24.8 Å². The van der Waals surface area contributed by atoms with E-state index in [2.05, 4.69) is 20.2 Å². The second-order valence-electron chi connectivity index (χ2n) is 3.96. The van der Waals surface area contributed by atoms with E-state index in [4.69, 9.17) is 0 Å². The van der Waals surface area contributed by atoms with E-state index in [0.717, 1.165) is 32.0 Å². The zero-order chi connectivity index (χ0) is 9.54. The van der Waals surface area contributed by atoms with Crippen LogP contribution in [0.4, 0.5) is 5.82 Å². The molecule has 0 bridgehead atoms. The summed E-state index contributed by atoms with van der Waals surface area (Å²) in [5, 5.41) is 3.33. The minimum Gasteiger partial charge on any atom is -0.356 e. The number of rotatable bonds is 1. The van der Waals surface area contributed by atoms with Gasteiger partial charge in [-0.05, 0) is 13.3 Å². The van der Waals surface area contributed by atoms with Gasteiger partial charge in [0.2, 0.25) is 0 Å². The summed E-state index contributed by atoms with van der Waals surface area (Å²) in [6.45, 7) is 6.12. The lowest BCUT2D eigenvalue weighted by atomic mass is 10.1. The average molecular weight is 263 g/mol. The van der Waals surface area contributed by atoms with Crippen LogP contribution in [0.3, 0.4) is 0 Å². The van der Waals surface area contributed by atoms with E-state index >= 15 is 0 Å². The molecule has 1 aromatic rings. The van der Waals surface area contributed by atoms with Gasteiger partial charge in [0.25, 0.3) is 0 Å². The van der Waals surface area contributed by atoms with Crippen LogP contribution in [0.5, 0.6) is 0 Å². The monoisotopic (exact) mass is 262 g/mol. The molecule has 0 spiro atoms. The maximum atomic E-state index is 4.54. The molecule has 6 heteroatoms. The molecule has 0 aromatic carbocycles. The molecule has 0 atom stereocenters. The molecular weight excluding hydrogens is 247 g/mol. The average Bonchev–Trinajstić information content (AvgIpc) is 2.47. The van der Waals surface area contributed by atoms with Gasteiger partial charge in [0.05, 0.1) is 5.69 Å². The van der Waals surface area contributed by atoms with Crippen LogP contribution >= 0.6 is 24.8 Å². The van der Waals surface area contributed by atoms with Gasteiger partial charge in [0.1, 0.15) is 11.6 Å². The number of aryl methyl sites for hydroxylation is 1. The van der Waals surface area contributed by atoms with Crippen LogP contribution in [0.2, 0.25) is 0 Å². The SMILES string of the molecule is Cc1nc2c(c(N3CCC3)n1)CNC2.Cl.Cl. The van der Waals surface area contributed by atoms with Crippen LogP contribution in [0.1, 0.15) is 23.5 Å². The molecule has 90 valence electrons. The Hall–Kier alpha value is -0.580. The van der Waals surface area contributed by atoms with Gasteiger partial charge in [0, 0.05) is 31.7 Å². The molecule has 3 rings (SSSR count). The molecule has 1 N–H and O–H groups in total. The zero-order valence-corrected chi connectivity index (χ0v) is 10.8. The van der Waals surface area contributed by atoms with Gasteiger partial charge in [-0.1, -0.05) is 0 Å². The Kier molecular flexibility index (Phi) is 4.35. The van der Waals surface area contributed by atoms with E-state index in [0.29, 0.717) is 0 Å². The van der Waals surface area contributed by atoms with Gasteiger partial charge in [0.15, 0.2) is 0 Å². The topological polar surface area (TPSA) is 41.1 Å². The van der Waals surface area contributed by atoms with Crippen molar-refractivity contribution in [2.45, 2.75) is 26.4 Å². The number of halogens is 2. The predicted molar refractivity (Wildman–Crippen MR) is 68.6 cm³/mol. The molecule has 3 heterocycles. The fourth-order valence-electron chi connectivity index (χ4n) is 2.06. The van der Waals surface area contributed by atoms with Crippen LogP contribution in [0.15, 0.2) is 0 Å². The Balaban J connectivity index is 0.000000640. The predicted octanol–water partition coefficient (Wildman–Crippen LogP) is 1.44. The number of fused-ring (bicyclic) bond motifs is 1. The Morgan fingerprint density at radius 1 is 1.12 bits per heavy atom. The first kappa shape index (κ1) is 13.5. The minimum atomic E-state index is 0. The van der Waals surface area contributed by atoms with Crippen molar-refractivity contribution in [3.05, 3.63) is 17.1 Å². The number of anilines is 1. The highest BCUT2D eigenvalue weighted by Gasteiger charge is 2.24. The summed E-state index contributed by atoms with van der Waals surface area (Å²) in [7, 11) is 0. The maximum Gasteiger partial charge on any atom is 0.137 e. The minimum absolute atomic E-state index is 0. The van der Waals surface area contributed by atoms with Crippen LogP contribution in [-0.4, -0.2) is 23.1 Å². The van der Waals surface area contributed by atoms with Gasteiger partial charge in [-0.3, -0.25) is 0 Å². The standard InChI is InChI=1S/C10H14N4.2ClH/c1-7-12-9-6-11-5-8(9)10(13-7)14-3-2-4-14;;/h11H,2-6H2,1H3;2*1H. The second kappa shape index (κ2) is 5.17. The molecule has 0 aliphatic carbocycles. The number of hydrogen-bond acceptors (Lipinski definition) is 4. The van der Waals surface area contributed by atoms with Crippen molar-refractivity contribution < 1.29 is 0 Å². The zero-order valence-electron chi connectivity index (χ0n) is 9.19. The van der Waals surface area contributed by atoms with Crippen molar-refractivity contribution in [1.29, 1.82) is 0 Å². The van der Waals surface area contributed by atoms with Gasteiger partial charge < -0.3 is 10.2 Å². The van der Waals surface area contributed by atoms with E-state index in [1.54, 1.807) is 0 Å². The third-order valence-corrected chi connectivity index (χ3v) is 2.93. The summed E-state index contributed by atoms with van der Waals surface area (Å²) in [4.78, 5) is 11.3. The summed E-state index contributed by atoms with van der Waals surface area (Å²) in [6, 6.07) is 0. The number of hydrogen-bond donors (Lipinski definition) is 1. The molecule has 1 aromatic heterocycles. The van der Waals surface area contributed by atoms with Crippen LogP contribution in [-0.2, 0) is 13.1 Å². The fraction of sp³-hybridized carbons (Fsp3) is 0.600. The van der Waals surface area contributed by atoms with Gasteiger partial charge >= 0.3 is 0 Å². The molecular formula is C10H16Cl2N4. The molecule has 1 fully saturated rings. The van der Waals surface area contributed by atoms with Crippen LogP contribution < -0.4 is 10.2 Å². The fourth-order valence-corrected chi connectivity index (χ4v) is 2.06. The van der Waals surface area contributed by atoms with Crippen LogP contribution in [0, 0.1) is 6.92 Å². The first-order valence-corrected chi connectivity index (χ1v) is 5.16. The molecule has 2 aliphatic rings. The van der Waals surface area contributed by atoms with Gasteiger partial charge in [-0.2, -0.15) is 0 Å². The Labute approximate surface area is 108 Å². The number of nitrogens with one attached hydrogen (secondary N) is 1. The smallest absolute Gasteiger partial charge is 0.137 e. The summed E-state index contributed by atoms with van der Waals surface area (Å²) in [5.41, 5.74) is 2.51. The molecule has 4 nitrogen and oxygen atoms in total. The summed E-state index contributed by atoms with van der Waals surface area (Å²) < 4.78 is 0. The van der Waals surface area contributed by atoms with E-state index < -0.39 is 0 Å². The van der Waals surface area contributed by atoms with Crippen molar-refractivity contribution in [1.82, 2.24) is 15.3 Å². The number of nitrogens with zero attached hydrogens (tertiary/aromatic N) is 3. The third kappa shape index (κ3) is 2.10. The van der Waals surface area contributed by atoms with Gasteiger partial charge in [-0.25, -0.2) is 9.97 Å². The quantitative estimate of drug-likeness (QED) is 0.832. The van der Waals surface area contributed by atoms with E-state index in [-0.39, 0.29) is 24.8 Å². The highest BCUT2D eigenvalue weighted by Crippen LogP contribution is 2.27. The van der Waals surface area contributed by atoms with E-state index in [1.807, 2.05) is 6.92 Å². The van der Waals surface area contributed by atoms with Crippen molar-refractivity contribution in [3.8, 4) is 0 Å².